The van der Waals surface area contributed by atoms with Crippen LogP contribution in [-0.4, -0.2) is 97.4 Å². The zero-order valence-corrected chi connectivity index (χ0v) is 21.7. The van der Waals surface area contributed by atoms with Gasteiger partial charge in [-0.1, -0.05) is 0 Å². The van der Waals surface area contributed by atoms with Crippen molar-refractivity contribution in [2.45, 2.75) is 53.5 Å². The van der Waals surface area contributed by atoms with E-state index in [-0.39, 0.29) is 41.8 Å². The Morgan fingerprint density at radius 1 is 0.933 bits per heavy atom. The van der Waals surface area contributed by atoms with Crippen molar-refractivity contribution in [1.29, 1.82) is 0 Å². The molecule has 0 bridgehead atoms. The van der Waals surface area contributed by atoms with Crippen molar-refractivity contribution in [2.24, 2.45) is 10.4 Å². The van der Waals surface area contributed by atoms with E-state index in [1.165, 1.54) is 0 Å². The van der Waals surface area contributed by atoms with Gasteiger partial charge < -0.3 is 20.4 Å². The summed E-state index contributed by atoms with van der Waals surface area (Å²) in [7, 11) is 0. The third-order valence-electron chi connectivity index (χ3n) is 5.85. The lowest BCUT2D eigenvalue weighted by atomic mass is 9.92. The summed E-state index contributed by atoms with van der Waals surface area (Å²) in [5.74, 6) is 1.14. The Morgan fingerprint density at radius 2 is 1.50 bits per heavy atom. The van der Waals surface area contributed by atoms with E-state index >= 15 is 0 Å². The Balaban J connectivity index is 0.00000450. The Kier molecular flexibility index (Phi) is 11.4. The predicted molar refractivity (Wildman–Crippen MR) is 132 cm³/mol. The molecule has 1 unspecified atom stereocenters. The second-order valence-corrected chi connectivity index (χ2v) is 8.64. The average molecular weight is 537 g/mol. The van der Waals surface area contributed by atoms with E-state index < -0.39 is 5.41 Å². The molecule has 2 fully saturated rings. The van der Waals surface area contributed by atoms with Gasteiger partial charge in [0, 0.05) is 52.4 Å². The summed E-state index contributed by atoms with van der Waals surface area (Å²) in [6.07, 6.45) is 2.25. The summed E-state index contributed by atoms with van der Waals surface area (Å²) in [6.45, 7) is 16.8. The van der Waals surface area contributed by atoms with E-state index in [9.17, 15) is 9.59 Å². The molecular weight excluding hydrogens is 495 g/mol. The van der Waals surface area contributed by atoms with E-state index in [0.717, 1.165) is 64.6 Å². The largest absolute Gasteiger partial charge is 0.357 e. The van der Waals surface area contributed by atoms with E-state index in [4.69, 9.17) is 4.99 Å². The highest BCUT2D eigenvalue weighted by atomic mass is 127. The molecular formula is C21H41IN6O2. The molecule has 9 heteroatoms. The molecule has 30 heavy (non-hydrogen) atoms. The number of carbonyl (C=O) groups excluding carboxylic acids is 2. The van der Waals surface area contributed by atoms with Crippen LogP contribution in [0.5, 0.6) is 0 Å². The van der Waals surface area contributed by atoms with Gasteiger partial charge in [0.15, 0.2) is 5.96 Å². The number of likely N-dealkylation sites (tertiary alicyclic amines) is 1. The minimum Gasteiger partial charge on any atom is -0.357 e. The number of rotatable bonds is 7. The van der Waals surface area contributed by atoms with Crippen LogP contribution >= 0.6 is 24.0 Å². The molecule has 2 amide bonds. The maximum Gasteiger partial charge on any atom is 0.239 e. The lowest BCUT2D eigenvalue weighted by Gasteiger charge is -2.39. The van der Waals surface area contributed by atoms with Crippen LogP contribution in [0.2, 0.25) is 0 Å². The van der Waals surface area contributed by atoms with Gasteiger partial charge in [-0.05, 0) is 47.5 Å². The zero-order chi connectivity index (χ0) is 21.4. The van der Waals surface area contributed by atoms with Crippen molar-refractivity contribution < 1.29 is 9.59 Å². The van der Waals surface area contributed by atoms with Crippen molar-refractivity contribution in [3.63, 3.8) is 0 Å². The molecule has 2 saturated heterocycles. The van der Waals surface area contributed by atoms with E-state index in [1.54, 1.807) is 0 Å². The van der Waals surface area contributed by atoms with Crippen LogP contribution in [0, 0.1) is 5.41 Å². The first-order valence-corrected chi connectivity index (χ1v) is 11.1. The van der Waals surface area contributed by atoms with Crippen LogP contribution in [-0.2, 0) is 9.59 Å². The Hall–Kier alpha value is -1.10. The second kappa shape index (κ2) is 12.7. The smallest absolute Gasteiger partial charge is 0.239 e. The lowest BCUT2D eigenvalue weighted by Crippen LogP contribution is -2.57. The van der Waals surface area contributed by atoms with Gasteiger partial charge in [0.25, 0.3) is 0 Å². The number of piperazine rings is 1. The summed E-state index contributed by atoms with van der Waals surface area (Å²) < 4.78 is 0. The Labute approximate surface area is 199 Å². The van der Waals surface area contributed by atoms with Gasteiger partial charge in [-0.2, -0.15) is 0 Å². The first kappa shape index (κ1) is 26.9. The standard InChI is InChI=1S/C21H40N6O2.HI/c1-6-22-19(29)21(4,5)16-24-20(23-7-2)27-14-12-25(13-15-27)17(3)18(28)26-10-8-9-11-26;/h17H,6-16H2,1-5H3,(H,22,29)(H,23,24);1H. The van der Waals surface area contributed by atoms with Gasteiger partial charge >= 0.3 is 0 Å². The van der Waals surface area contributed by atoms with Crippen molar-refractivity contribution in [1.82, 2.24) is 25.3 Å². The topological polar surface area (TPSA) is 80.3 Å². The number of carbonyl (C=O) groups is 2. The van der Waals surface area contributed by atoms with Crippen molar-refractivity contribution in [3.8, 4) is 0 Å². The molecule has 0 aliphatic carbocycles. The predicted octanol–water partition coefficient (Wildman–Crippen LogP) is 1.36. The van der Waals surface area contributed by atoms with Gasteiger partial charge in [-0.3, -0.25) is 19.5 Å². The van der Waals surface area contributed by atoms with Crippen molar-refractivity contribution in [3.05, 3.63) is 0 Å². The van der Waals surface area contributed by atoms with Crippen LogP contribution in [0.3, 0.4) is 0 Å². The van der Waals surface area contributed by atoms with Crippen LogP contribution in [0.1, 0.15) is 47.5 Å². The molecule has 0 radical (unpaired) electrons. The molecule has 0 saturated carbocycles. The van der Waals surface area contributed by atoms with Gasteiger partial charge in [-0.15, -0.1) is 24.0 Å². The fraction of sp³-hybridized carbons (Fsp3) is 0.857. The maximum absolute atomic E-state index is 12.7. The molecule has 0 aromatic carbocycles. The molecule has 2 rings (SSSR count). The van der Waals surface area contributed by atoms with Crippen molar-refractivity contribution >= 4 is 41.8 Å². The number of halogens is 1. The number of hydrogen-bond acceptors (Lipinski definition) is 4. The number of aliphatic imine (C=N–C) groups is 1. The first-order valence-electron chi connectivity index (χ1n) is 11.1. The van der Waals surface area contributed by atoms with E-state index in [0.29, 0.717) is 13.1 Å². The average Bonchev–Trinajstić information content (AvgIpc) is 3.25. The van der Waals surface area contributed by atoms with Crippen molar-refractivity contribution in [2.75, 3.05) is 58.9 Å². The van der Waals surface area contributed by atoms with Crippen LogP contribution in [0.15, 0.2) is 4.99 Å². The van der Waals surface area contributed by atoms with E-state index in [2.05, 4.69) is 27.4 Å². The summed E-state index contributed by atoms with van der Waals surface area (Å²) in [5.41, 5.74) is -0.546. The van der Waals surface area contributed by atoms with Crippen LogP contribution in [0.4, 0.5) is 0 Å². The quantitative estimate of drug-likeness (QED) is 0.292. The molecule has 174 valence electrons. The summed E-state index contributed by atoms with van der Waals surface area (Å²) in [6, 6.07) is -0.0635. The Bertz CT molecular complexity index is 584. The monoisotopic (exact) mass is 536 g/mol. The molecule has 2 heterocycles. The normalized spacial score (nSPS) is 19.3. The minimum atomic E-state index is -0.546. The maximum atomic E-state index is 12.7. The second-order valence-electron chi connectivity index (χ2n) is 8.64. The van der Waals surface area contributed by atoms with Gasteiger partial charge in [0.05, 0.1) is 18.0 Å². The van der Waals surface area contributed by atoms with Gasteiger partial charge in [0.2, 0.25) is 11.8 Å². The SMILES string of the molecule is CCNC(=O)C(C)(C)CN=C(NCC)N1CCN(C(C)C(=O)N2CCCC2)CC1.I. The van der Waals surface area contributed by atoms with Crippen LogP contribution in [0.25, 0.3) is 0 Å². The van der Waals surface area contributed by atoms with E-state index in [1.807, 2.05) is 32.6 Å². The first-order chi connectivity index (χ1) is 13.8. The molecule has 0 aromatic rings. The molecule has 1 atom stereocenters. The van der Waals surface area contributed by atoms with Gasteiger partial charge in [0.1, 0.15) is 0 Å². The number of amides is 2. The molecule has 0 spiro atoms. The fourth-order valence-electron chi connectivity index (χ4n) is 3.85. The highest BCUT2D eigenvalue weighted by Gasteiger charge is 2.31. The third-order valence-corrected chi connectivity index (χ3v) is 5.85. The van der Waals surface area contributed by atoms with Gasteiger partial charge in [-0.25, -0.2) is 0 Å². The minimum absolute atomic E-state index is 0. The molecule has 0 aromatic heterocycles. The lowest BCUT2D eigenvalue weighted by molar-refractivity contribution is -0.135. The number of hydrogen-bond donors (Lipinski definition) is 2. The third kappa shape index (κ3) is 7.25. The molecule has 2 aliphatic rings. The summed E-state index contributed by atoms with van der Waals surface area (Å²) in [4.78, 5) is 36.2. The molecule has 2 aliphatic heterocycles. The Morgan fingerprint density at radius 3 is 2.03 bits per heavy atom. The highest BCUT2D eigenvalue weighted by Crippen LogP contribution is 2.17. The summed E-state index contributed by atoms with van der Waals surface area (Å²) >= 11 is 0. The number of nitrogens with zero attached hydrogens (tertiary/aromatic N) is 4. The summed E-state index contributed by atoms with van der Waals surface area (Å²) in [5, 5.41) is 6.25. The molecule has 2 N–H and O–H groups in total. The molecule has 8 nitrogen and oxygen atoms in total. The van der Waals surface area contributed by atoms with Crippen LogP contribution < -0.4 is 10.6 Å². The number of nitrogens with one attached hydrogen (secondary N) is 2. The fourth-order valence-corrected chi connectivity index (χ4v) is 3.85. The zero-order valence-electron chi connectivity index (χ0n) is 19.4. The number of guanidine groups is 1. The highest BCUT2D eigenvalue weighted by molar-refractivity contribution is 14.0.